The van der Waals surface area contributed by atoms with Crippen LogP contribution in [-0.4, -0.2) is 17.6 Å². The number of ketones is 1. The third kappa shape index (κ3) is 5.53. The third-order valence-electron chi connectivity index (χ3n) is 3.58. The van der Waals surface area contributed by atoms with E-state index in [1.54, 1.807) is 18.2 Å². The van der Waals surface area contributed by atoms with Gasteiger partial charge >= 0.3 is 0 Å². The SMILES string of the molecule is CC(=O)Nc1ccc(C)c(NC(=O)CCC(=O)c2ccc(F)cc2)c1. The Hall–Kier alpha value is -3.02. The number of nitrogens with one attached hydrogen (secondary N) is 2. The molecule has 2 aromatic carbocycles. The minimum Gasteiger partial charge on any atom is -0.326 e. The van der Waals surface area contributed by atoms with Crippen molar-refractivity contribution < 1.29 is 18.8 Å². The van der Waals surface area contributed by atoms with E-state index >= 15 is 0 Å². The van der Waals surface area contributed by atoms with Crippen LogP contribution in [0.25, 0.3) is 0 Å². The van der Waals surface area contributed by atoms with Crippen LogP contribution in [0, 0.1) is 12.7 Å². The van der Waals surface area contributed by atoms with E-state index in [4.69, 9.17) is 0 Å². The summed E-state index contributed by atoms with van der Waals surface area (Å²) in [5, 5.41) is 5.38. The maximum absolute atomic E-state index is 12.9. The van der Waals surface area contributed by atoms with Crippen molar-refractivity contribution in [3.05, 3.63) is 59.4 Å². The molecule has 2 N–H and O–H groups in total. The van der Waals surface area contributed by atoms with Crippen molar-refractivity contribution in [2.24, 2.45) is 0 Å². The summed E-state index contributed by atoms with van der Waals surface area (Å²) in [5.41, 5.74) is 2.37. The lowest BCUT2D eigenvalue weighted by Gasteiger charge is -2.11. The fourth-order valence-electron chi connectivity index (χ4n) is 2.26. The van der Waals surface area contributed by atoms with Gasteiger partial charge in [-0.15, -0.1) is 0 Å². The first-order chi connectivity index (χ1) is 11.8. The van der Waals surface area contributed by atoms with E-state index in [0.717, 1.165) is 5.56 Å². The molecule has 0 heterocycles. The van der Waals surface area contributed by atoms with Crippen LogP contribution >= 0.6 is 0 Å². The van der Waals surface area contributed by atoms with E-state index in [0.29, 0.717) is 16.9 Å². The van der Waals surface area contributed by atoms with Gasteiger partial charge in [0.1, 0.15) is 5.82 Å². The Bertz CT molecular complexity index is 801. The van der Waals surface area contributed by atoms with Crippen molar-refractivity contribution in [1.29, 1.82) is 0 Å². The van der Waals surface area contributed by atoms with Gasteiger partial charge in [-0.2, -0.15) is 0 Å². The molecular weight excluding hydrogens is 323 g/mol. The summed E-state index contributed by atoms with van der Waals surface area (Å²) in [6.07, 6.45) is 0.0436. The van der Waals surface area contributed by atoms with Crippen molar-refractivity contribution in [2.45, 2.75) is 26.7 Å². The summed E-state index contributed by atoms with van der Waals surface area (Å²) in [4.78, 5) is 35.2. The van der Waals surface area contributed by atoms with Gasteiger partial charge in [-0.3, -0.25) is 14.4 Å². The molecule has 25 heavy (non-hydrogen) atoms. The average Bonchev–Trinajstić information content (AvgIpc) is 2.56. The van der Waals surface area contributed by atoms with Gasteiger partial charge in [-0.05, 0) is 48.9 Å². The summed E-state index contributed by atoms with van der Waals surface area (Å²) >= 11 is 0. The van der Waals surface area contributed by atoms with Gasteiger partial charge in [-0.25, -0.2) is 4.39 Å². The first kappa shape index (κ1) is 18.3. The molecular formula is C19H19FN2O3. The van der Waals surface area contributed by atoms with Crippen molar-refractivity contribution in [2.75, 3.05) is 10.6 Å². The van der Waals surface area contributed by atoms with Crippen LogP contribution in [0.4, 0.5) is 15.8 Å². The van der Waals surface area contributed by atoms with E-state index < -0.39 is 5.82 Å². The van der Waals surface area contributed by atoms with Crippen LogP contribution < -0.4 is 10.6 Å². The Morgan fingerprint density at radius 1 is 0.960 bits per heavy atom. The lowest BCUT2D eigenvalue weighted by molar-refractivity contribution is -0.116. The predicted octanol–water partition coefficient (Wildman–Crippen LogP) is 3.69. The summed E-state index contributed by atoms with van der Waals surface area (Å²) < 4.78 is 12.9. The summed E-state index contributed by atoms with van der Waals surface area (Å²) in [7, 11) is 0. The fraction of sp³-hybridized carbons (Fsp3) is 0.211. The van der Waals surface area contributed by atoms with Gasteiger partial charge in [0.15, 0.2) is 5.78 Å². The van der Waals surface area contributed by atoms with Crippen molar-refractivity contribution >= 4 is 29.0 Å². The number of anilines is 2. The molecule has 6 heteroatoms. The van der Waals surface area contributed by atoms with Gasteiger partial charge in [-0.1, -0.05) is 6.07 Å². The Morgan fingerprint density at radius 3 is 2.28 bits per heavy atom. The molecule has 0 spiro atoms. The van der Waals surface area contributed by atoms with Crippen LogP contribution in [0.2, 0.25) is 0 Å². The minimum absolute atomic E-state index is 0.0139. The Balaban J connectivity index is 1.94. The van der Waals surface area contributed by atoms with Gasteiger partial charge in [0.2, 0.25) is 11.8 Å². The number of hydrogen-bond acceptors (Lipinski definition) is 3. The molecule has 2 rings (SSSR count). The fourth-order valence-corrected chi connectivity index (χ4v) is 2.26. The molecule has 0 aliphatic heterocycles. The minimum atomic E-state index is -0.413. The number of halogens is 1. The second-order valence-electron chi connectivity index (χ2n) is 5.69. The molecule has 0 saturated carbocycles. The standard InChI is InChI=1S/C19H19FN2O3/c1-12-3-8-16(21-13(2)23)11-17(12)22-19(25)10-9-18(24)14-4-6-15(20)7-5-14/h3-8,11H,9-10H2,1-2H3,(H,21,23)(H,22,25). The maximum Gasteiger partial charge on any atom is 0.224 e. The van der Waals surface area contributed by atoms with Crippen LogP contribution in [-0.2, 0) is 9.59 Å². The van der Waals surface area contributed by atoms with Gasteiger partial charge in [0, 0.05) is 36.7 Å². The number of benzene rings is 2. The summed E-state index contributed by atoms with van der Waals surface area (Å²) in [6.45, 7) is 3.23. The van der Waals surface area contributed by atoms with Crippen molar-refractivity contribution in [1.82, 2.24) is 0 Å². The van der Waals surface area contributed by atoms with E-state index in [1.165, 1.54) is 31.2 Å². The highest BCUT2D eigenvalue weighted by atomic mass is 19.1. The van der Waals surface area contributed by atoms with E-state index in [2.05, 4.69) is 10.6 Å². The molecule has 0 aliphatic rings. The quantitative estimate of drug-likeness (QED) is 0.786. The zero-order valence-corrected chi connectivity index (χ0v) is 14.1. The second-order valence-corrected chi connectivity index (χ2v) is 5.69. The molecule has 0 radical (unpaired) electrons. The molecule has 0 fully saturated rings. The Labute approximate surface area is 145 Å². The smallest absolute Gasteiger partial charge is 0.224 e. The number of carbonyl (C=O) groups excluding carboxylic acids is 3. The predicted molar refractivity (Wildman–Crippen MR) is 94.1 cm³/mol. The van der Waals surface area contributed by atoms with Crippen molar-refractivity contribution in [3.8, 4) is 0 Å². The average molecular weight is 342 g/mol. The van der Waals surface area contributed by atoms with Gasteiger partial charge in [0.05, 0.1) is 0 Å². The summed E-state index contributed by atoms with van der Waals surface area (Å²) in [5.74, 6) is -1.15. The van der Waals surface area contributed by atoms with E-state index in [9.17, 15) is 18.8 Å². The highest BCUT2D eigenvalue weighted by Gasteiger charge is 2.11. The van der Waals surface area contributed by atoms with Crippen LogP contribution in [0.3, 0.4) is 0 Å². The zero-order chi connectivity index (χ0) is 18.4. The Morgan fingerprint density at radius 2 is 1.64 bits per heavy atom. The van der Waals surface area contributed by atoms with E-state index in [-0.39, 0.29) is 30.4 Å². The molecule has 2 amide bonds. The monoisotopic (exact) mass is 342 g/mol. The molecule has 0 bridgehead atoms. The molecule has 130 valence electrons. The topological polar surface area (TPSA) is 75.3 Å². The lowest BCUT2D eigenvalue weighted by atomic mass is 10.1. The van der Waals surface area contributed by atoms with Crippen LogP contribution in [0.15, 0.2) is 42.5 Å². The number of rotatable bonds is 6. The Kier molecular flexibility index (Phi) is 6.00. The number of aryl methyl sites for hydroxylation is 1. The molecule has 0 aromatic heterocycles. The molecule has 0 atom stereocenters. The molecule has 0 unspecified atom stereocenters. The molecule has 0 saturated heterocycles. The first-order valence-electron chi connectivity index (χ1n) is 7.82. The number of Topliss-reactive ketones (excluding diaryl/α,β-unsaturated/α-hetero) is 1. The zero-order valence-electron chi connectivity index (χ0n) is 14.1. The maximum atomic E-state index is 12.9. The highest BCUT2D eigenvalue weighted by molar-refractivity contribution is 6.00. The lowest BCUT2D eigenvalue weighted by Crippen LogP contribution is -2.15. The van der Waals surface area contributed by atoms with Crippen LogP contribution in [0.5, 0.6) is 0 Å². The largest absolute Gasteiger partial charge is 0.326 e. The normalized spacial score (nSPS) is 10.2. The number of hydrogen-bond donors (Lipinski definition) is 2. The van der Waals surface area contributed by atoms with Gasteiger partial charge in [0.25, 0.3) is 0 Å². The van der Waals surface area contributed by atoms with Gasteiger partial charge < -0.3 is 10.6 Å². The molecule has 5 nitrogen and oxygen atoms in total. The number of amides is 2. The second kappa shape index (κ2) is 8.19. The molecule has 2 aromatic rings. The number of carbonyl (C=O) groups is 3. The van der Waals surface area contributed by atoms with E-state index in [1.807, 2.05) is 6.92 Å². The summed E-state index contributed by atoms with van der Waals surface area (Å²) in [6, 6.07) is 10.4. The van der Waals surface area contributed by atoms with Crippen LogP contribution in [0.1, 0.15) is 35.7 Å². The third-order valence-corrected chi connectivity index (χ3v) is 3.58. The molecule has 0 aliphatic carbocycles. The first-order valence-corrected chi connectivity index (χ1v) is 7.82. The van der Waals surface area contributed by atoms with Crippen molar-refractivity contribution in [3.63, 3.8) is 0 Å². The highest BCUT2D eigenvalue weighted by Crippen LogP contribution is 2.20.